The molecule has 1 aromatic carbocycles. The molecule has 4 nitrogen and oxygen atoms in total. The van der Waals surface area contributed by atoms with Gasteiger partial charge in [0.2, 0.25) is 0 Å². The number of carbonyl (C=O) groups is 1. The first-order chi connectivity index (χ1) is 12.1. The van der Waals surface area contributed by atoms with Crippen LogP contribution in [0.4, 0.5) is 5.69 Å². The molecule has 0 bridgehead atoms. The predicted molar refractivity (Wildman–Crippen MR) is 102 cm³/mol. The molecule has 0 radical (unpaired) electrons. The van der Waals surface area contributed by atoms with Crippen molar-refractivity contribution >= 4 is 11.6 Å². The van der Waals surface area contributed by atoms with E-state index in [0.29, 0.717) is 0 Å². The Balaban J connectivity index is 2.18. The average molecular weight is 339 g/mol. The summed E-state index contributed by atoms with van der Waals surface area (Å²) in [5.41, 5.74) is 3.58. The number of hydrogen-bond donors (Lipinski definition) is 1. The third-order valence-electron chi connectivity index (χ3n) is 5.15. The first kappa shape index (κ1) is 19.1. The number of hydrogen-bond acceptors (Lipinski definition) is 3. The zero-order chi connectivity index (χ0) is 18.2. The Kier molecular flexibility index (Phi) is 7.06. The van der Waals surface area contributed by atoms with E-state index in [1.165, 1.54) is 17.5 Å². The first-order valence-corrected chi connectivity index (χ1v) is 9.37. The molecule has 0 aliphatic heterocycles. The fourth-order valence-corrected chi connectivity index (χ4v) is 3.54. The fraction of sp³-hybridized carbons (Fsp3) is 0.524. The van der Waals surface area contributed by atoms with E-state index in [1.807, 2.05) is 7.05 Å². The van der Waals surface area contributed by atoms with Gasteiger partial charge in [-0.2, -0.15) is 5.26 Å². The highest BCUT2D eigenvalue weighted by molar-refractivity contribution is 5.97. The van der Waals surface area contributed by atoms with Gasteiger partial charge >= 0.3 is 0 Å². The lowest BCUT2D eigenvalue weighted by molar-refractivity contribution is -0.128. The van der Waals surface area contributed by atoms with Crippen molar-refractivity contribution < 1.29 is 4.79 Å². The first-order valence-electron chi connectivity index (χ1n) is 9.37. The van der Waals surface area contributed by atoms with E-state index in [1.54, 1.807) is 11.1 Å². The van der Waals surface area contributed by atoms with Gasteiger partial charge in [-0.1, -0.05) is 51.3 Å². The molecule has 25 heavy (non-hydrogen) atoms. The van der Waals surface area contributed by atoms with Crippen LogP contribution < -0.4 is 5.32 Å². The average Bonchev–Trinajstić information content (AvgIpc) is 2.68. The molecule has 1 fully saturated rings. The maximum Gasteiger partial charge on any atom is 0.266 e. The van der Waals surface area contributed by atoms with Crippen LogP contribution in [0.3, 0.4) is 0 Å². The molecule has 0 unspecified atom stereocenters. The molecule has 1 N–H and O–H groups in total. The number of amides is 1. The van der Waals surface area contributed by atoms with Crippen molar-refractivity contribution in [1.29, 1.82) is 5.26 Å². The Morgan fingerprint density at radius 2 is 1.84 bits per heavy atom. The minimum Gasteiger partial charge on any atom is -0.360 e. The smallest absolute Gasteiger partial charge is 0.266 e. The van der Waals surface area contributed by atoms with E-state index in [0.717, 1.165) is 44.2 Å². The van der Waals surface area contributed by atoms with Gasteiger partial charge in [0, 0.05) is 25.0 Å². The lowest BCUT2D eigenvalue weighted by Crippen LogP contribution is -2.39. The van der Waals surface area contributed by atoms with Crippen molar-refractivity contribution in [1.82, 2.24) is 4.90 Å². The van der Waals surface area contributed by atoms with E-state index in [-0.39, 0.29) is 17.5 Å². The Hall–Kier alpha value is -2.28. The molecule has 1 saturated carbocycles. The predicted octanol–water partition coefficient (Wildman–Crippen LogP) is 4.42. The lowest BCUT2D eigenvalue weighted by Gasteiger charge is -2.31. The second-order valence-corrected chi connectivity index (χ2v) is 6.68. The van der Waals surface area contributed by atoms with Gasteiger partial charge in [-0.25, -0.2) is 0 Å². The lowest BCUT2D eigenvalue weighted by atomic mass is 9.94. The summed E-state index contributed by atoms with van der Waals surface area (Å²) in [4.78, 5) is 14.5. The van der Waals surface area contributed by atoms with Crippen LogP contribution in [0.15, 0.2) is 30.0 Å². The van der Waals surface area contributed by atoms with E-state index < -0.39 is 0 Å². The van der Waals surface area contributed by atoms with Gasteiger partial charge in [-0.3, -0.25) is 4.79 Å². The van der Waals surface area contributed by atoms with Crippen molar-refractivity contribution in [3.8, 4) is 6.07 Å². The Morgan fingerprint density at radius 3 is 2.36 bits per heavy atom. The Bertz CT molecular complexity index is 644. The number of nitriles is 1. The molecule has 1 aliphatic rings. The van der Waals surface area contributed by atoms with Crippen LogP contribution in [0.2, 0.25) is 0 Å². The Labute approximate surface area is 151 Å². The van der Waals surface area contributed by atoms with E-state index in [9.17, 15) is 10.1 Å². The number of nitrogens with one attached hydrogen (secondary N) is 1. The number of para-hydroxylation sites is 1. The molecule has 1 aliphatic carbocycles. The van der Waals surface area contributed by atoms with Crippen LogP contribution in [0.5, 0.6) is 0 Å². The molecular weight excluding hydrogens is 310 g/mol. The maximum atomic E-state index is 12.7. The van der Waals surface area contributed by atoms with Crippen molar-refractivity contribution in [2.24, 2.45) is 0 Å². The van der Waals surface area contributed by atoms with Gasteiger partial charge < -0.3 is 10.2 Å². The molecule has 1 aromatic rings. The van der Waals surface area contributed by atoms with Crippen LogP contribution >= 0.6 is 0 Å². The summed E-state index contributed by atoms with van der Waals surface area (Å²) in [6.07, 6.45) is 9.03. The molecule has 1 amide bonds. The van der Waals surface area contributed by atoms with Crippen molar-refractivity contribution in [2.45, 2.75) is 64.8 Å². The summed E-state index contributed by atoms with van der Waals surface area (Å²) in [5, 5.41) is 12.7. The van der Waals surface area contributed by atoms with Crippen LogP contribution in [-0.4, -0.2) is 23.9 Å². The number of rotatable bonds is 6. The summed E-state index contributed by atoms with van der Waals surface area (Å²) in [5.74, 6) is -0.186. The molecule has 2 rings (SSSR count). The van der Waals surface area contributed by atoms with Gasteiger partial charge in [-0.15, -0.1) is 0 Å². The van der Waals surface area contributed by atoms with Crippen molar-refractivity contribution in [3.63, 3.8) is 0 Å². The summed E-state index contributed by atoms with van der Waals surface area (Å²) < 4.78 is 0. The molecule has 134 valence electrons. The summed E-state index contributed by atoms with van der Waals surface area (Å²) in [6.45, 7) is 4.22. The fourth-order valence-electron chi connectivity index (χ4n) is 3.54. The number of aryl methyl sites for hydroxylation is 2. The van der Waals surface area contributed by atoms with E-state index in [2.05, 4.69) is 43.4 Å². The topological polar surface area (TPSA) is 56.1 Å². The van der Waals surface area contributed by atoms with Gasteiger partial charge in [0.05, 0.1) is 0 Å². The van der Waals surface area contributed by atoms with Gasteiger partial charge in [-0.05, 0) is 36.8 Å². The van der Waals surface area contributed by atoms with E-state index in [4.69, 9.17) is 0 Å². The van der Waals surface area contributed by atoms with Crippen LogP contribution in [0, 0.1) is 11.3 Å². The number of nitrogens with zero attached hydrogens (tertiary/aromatic N) is 2. The Morgan fingerprint density at radius 1 is 1.24 bits per heavy atom. The van der Waals surface area contributed by atoms with Crippen LogP contribution in [0.25, 0.3) is 0 Å². The third-order valence-corrected chi connectivity index (χ3v) is 5.15. The molecule has 0 heterocycles. The summed E-state index contributed by atoms with van der Waals surface area (Å²) in [7, 11) is 1.82. The number of benzene rings is 1. The zero-order valence-electron chi connectivity index (χ0n) is 15.6. The zero-order valence-corrected chi connectivity index (χ0v) is 15.6. The van der Waals surface area contributed by atoms with Gasteiger partial charge in [0.1, 0.15) is 11.6 Å². The molecule has 0 atom stereocenters. The number of likely N-dealkylation sites (N-methyl/N-ethyl adjacent to an activating group) is 1. The highest BCUT2D eigenvalue weighted by atomic mass is 16.2. The van der Waals surface area contributed by atoms with E-state index >= 15 is 0 Å². The highest BCUT2D eigenvalue weighted by Crippen LogP contribution is 2.24. The standard InChI is InChI=1S/C21H29N3O/c1-4-16-10-9-11-17(5-2)20(16)23-15-18(14-22)21(25)24(3)19-12-7-6-8-13-19/h9-11,15,19,23H,4-8,12-13H2,1-3H3/b18-15-. The van der Waals surface area contributed by atoms with Crippen LogP contribution in [-0.2, 0) is 17.6 Å². The van der Waals surface area contributed by atoms with Crippen molar-refractivity contribution in [3.05, 3.63) is 41.1 Å². The largest absolute Gasteiger partial charge is 0.360 e. The SMILES string of the molecule is CCc1cccc(CC)c1N/C=C(/C#N)C(=O)N(C)C1CCCCC1. The maximum absolute atomic E-state index is 12.7. The molecule has 0 saturated heterocycles. The second-order valence-electron chi connectivity index (χ2n) is 6.68. The monoisotopic (exact) mass is 339 g/mol. The summed E-state index contributed by atoms with van der Waals surface area (Å²) >= 11 is 0. The molecule has 0 aromatic heterocycles. The molecular formula is C21H29N3O. The minimum absolute atomic E-state index is 0.168. The highest BCUT2D eigenvalue weighted by Gasteiger charge is 2.24. The number of carbonyl (C=O) groups excluding carboxylic acids is 1. The van der Waals surface area contributed by atoms with Crippen LogP contribution in [0.1, 0.15) is 57.1 Å². The normalized spacial score (nSPS) is 15.5. The third kappa shape index (κ3) is 4.63. The molecule has 0 spiro atoms. The molecule has 4 heteroatoms. The van der Waals surface area contributed by atoms with Gasteiger partial charge in [0.15, 0.2) is 0 Å². The van der Waals surface area contributed by atoms with Gasteiger partial charge in [0.25, 0.3) is 5.91 Å². The minimum atomic E-state index is -0.186. The summed E-state index contributed by atoms with van der Waals surface area (Å²) in [6, 6.07) is 8.55. The number of anilines is 1. The quantitative estimate of drug-likeness (QED) is 0.616. The second kappa shape index (κ2) is 9.27. The van der Waals surface area contributed by atoms with Crippen molar-refractivity contribution in [2.75, 3.05) is 12.4 Å².